The van der Waals surface area contributed by atoms with Crippen LogP contribution in [-0.4, -0.2) is 53.8 Å². The third-order valence-corrected chi connectivity index (χ3v) is 4.62. The zero-order chi connectivity index (χ0) is 18.4. The second kappa shape index (κ2) is 8.72. The molecule has 0 spiro atoms. The minimum atomic E-state index is -0.0770. The van der Waals surface area contributed by atoms with E-state index in [-0.39, 0.29) is 11.9 Å². The summed E-state index contributed by atoms with van der Waals surface area (Å²) in [5, 5.41) is 0. The van der Waals surface area contributed by atoms with Crippen LogP contribution in [0.5, 0.6) is 0 Å². The van der Waals surface area contributed by atoms with Gasteiger partial charge in [-0.3, -0.25) is 9.69 Å². The van der Waals surface area contributed by atoms with Crippen molar-refractivity contribution in [2.75, 3.05) is 37.0 Å². The van der Waals surface area contributed by atoms with Crippen LogP contribution in [-0.2, 0) is 4.79 Å². The first kappa shape index (κ1) is 18.3. The largest absolute Gasteiger partial charge is 0.339 e. The Morgan fingerprint density at radius 2 is 1.27 bits per heavy atom. The first-order valence-electron chi connectivity index (χ1n) is 8.73. The second-order valence-electron chi connectivity index (χ2n) is 6.10. The number of urea groups is 1. The summed E-state index contributed by atoms with van der Waals surface area (Å²) in [6, 6.07) is 19.1. The van der Waals surface area contributed by atoms with Gasteiger partial charge in [0.05, 0.1) is 11.4 Å². The summed E-state index contributed by atoms with van der Waals surface area (Å²) in [5.41, 5.74) is 1.65. The molecule has 0 atom stereocenters. The Morgan fingerprint density at radius 3 is 1.73 bits per heavy atom. The number of piperazine rings is 1. The minimum Gasteiger partial charge on any atom is -0.339 e. The minimum absolute atomic E-state index is 0.0510. The molecule has 0 aliphatic carbocycles. The fraction of sp³-hybridized carbons (Fsp3) is 0.300. The van der Waals surface area contributed by atoms with Crippen molar-refractivity contribution in [3.63, 3.8) is 0 Å². The van der Waals surface area contributed by atoms with E-state index in [0.29, 0.717) is 38.5 Å². The fourth-order valence-corrected chi connectivity index (χ4v) is 3.21. The molecule has 1 aliphatic rings. The van der Waals surface area contributed by atoms with E-state index in [1.54, 1.807) is 14.7 Å². The van der Waals surface area contributed by atoms with Crippen molar-refractivity contribution in [3.05, 3.63) is 60.7 Å². The summed E-state index contributed by atoms with van der Waals surface area (Å²) >= 11 is 5.65. The number of alkyl halides is 1. The van der Waals surface area contributed by atoms with Crippen LogP contribution in [0.3, 0.4) is 0 Å². The fourth-order valence-electron chi connectivity index (χ4n) is 3.05. The number of carbonyl (C=O) groups is 2. The predicted octanol–water partition coefficient (Wildman–Crippen LogP) is 3.72. The Morgan fingerprint density at radius 1 is 0.808 bits per heavy atom. The molecule has 0 N–H and O–H groups in total. The molecule has 0 aromatic heterocycles. The number of anilines is 2. The van der Waals surface area contributed by atoms with E-state index in [4.69, 9.17) is 11.6 Å². The third-order valence-electron chi connectivity index (χ3n) is 4.43. The van der Waals surface area contributed by atoms with Crippen molar-refractivity contribution < 1.29 is 9.59 Å². The van der Waals surface area contributed by atoms with Crippen LogP contribution in [0.15, 0.2) is 60.7 Å². The Balaban J connectivity index is 1.76. The maximum absolute atomic E-state index is 13.2. The van der Waals surface area contributed by atoms with Gasteiger partial charge in [0.15, 0.2) is 0 Å². The number of halogens is 1. The molecule has 0 saturated carbocycles. The van der Waals surface area contributed by atoms with Gasteiger partial charge in [-0.05, 0) is 24.3 Å². The highest BCUT2D eigenvalue weighted by Crippen LogP contribution is 2.26. The third kappa shape index (κ3) is 4.17. The lowest BCUT2D eigenvalue weighted by atomic mass is 10.2. The molecule has 2 aromatic carbocycles. The molecule has 1 saturated heterocycles. The van der Waals surface area contributed by atoms with Crippen molar-refractivity contribution in [3.8, 4) is 0 Å². The van der Waals surface area contributed by atoms with Crippen molar-refractivity contribution in [2.45, 2.75) is 6.42 Å². The molecule has 0 bridgehead atoms. The summed E-state index contributed by atoms with van der Waals surface area (Å²) < 4.78 is 0. The highest BCUT2D eigenvalue weighted by atomic mass is 35.5. The number of nitrogens with zero attached hydrogens (tertiary/aromatic N) is 3. The van der Waals surface area contributed by atoms with E-state index in [9.17, 15) is 9.59 Å². The lowest BCUT2D eigenvalue weighted by Gasteiger charge is -2.37. The van der Waals surface area contributed by atoms with Crippen LogP contribution in [0.25, 0.3) is 0 Å². The Hall–Kier alpha value is -2.53. The van der Waals surface area contributed by atoms with Crippen LogP contribution in [0, 0.1) is 0 Å². The molecule has 136 valence electrons. The monoisotopic (exact) mass is 371 g/mol. The number of hydrogen-bond acceptors (Lipinski definition) is 2. The van der Waals surface area contributed by atoms with Crippen molar-refractivity contribution >= 4 is 34.9 Å². The Bertz CT molecular complexity index is 692. The van der Waals surface area contributed by atoms with Gasteiger partial charge in [-0.1, -0.05) is 36.4 Å². The van der Waals surface area contributed by atoms with E-state index >= 15 is 0 Å². The van der Waals surface area contributed by atoms with E-state index < -0.39 is 0 Å². The highest BCUT2D eigenvalue weighted by Gasteiger charge is 2.28. The molecule has 3 amide bonds. The van der Waals surface area contributed by atoms with Crippen LogP contribution in [0.1, 0.15) is 6.42 Å². The van der Waals surface area contributed by atoms with Gasteiger partial charge in [0.2, 0.25) is 5.91 Å². The topological polar surface area (TPSA) is 43.9 Å². The van der Waals surface area contributed by atoms with Crippen molar-refractivity contribution in [2.24, 2.45) is 0 Å². The number of benzene rings is 2. The van der Waals surface area contributed by atoms with Gasteiger partial charge in [-0.25, -0.2) is 4.79 Å². The summed E-state index contributed by atoms with van der Waals surface area (Å²) in [5.74, 6) is 0.378. The van der Waals surface area contributed by atoms with E-state index in [2.05, 4.69) is 0 Å². The first-order valence-corrected chi connectivity index (χ1v) is 9.27. The zero-order valence-corrected chi connectivity index (χ0v) is 15.3. The van der Waals surface area contributed by atoms with Gasteiger partial charge < -0.3 is 9.80 Å². The lowest BCUT2D eigenvalue weighted by molar-refractivity contribution is -0.132. The van der Waals surface area contributed by atoms with Gasteiger partial charge in [0.1, 0.15) is 0 Å². The van der Waals surface area contributed by atoms with Gasteiger partial charge in [0, 0.05) is 38.5 Å². The molecule has 0 radical (unpaired) electrons. The standard InChI is InChI=1S/C20H22ClN3O2/c21-12-11-19(25)22-13-15-23(16-14-22)20(26)24(17-7-3-1-4-8-17)18-9-5-2-6-10-18/h1-10H,11-16H2. The molecule has 3 rings (SSSR count). The molecular weight excluding hydrogens is 350 g/mol. The van der Waals surface area contributed by atoms with Crippen LogP contribution >= 0.6 is 11.6 Å². The molecule has 6 heteroatoms. The lowest BCUT2D eigenvalue weighted by Crippen LogP contribution is -2.53. The molecule has 1 fully saturated rings. The van der Waals surface area contributed by atoms with E-state index in [0.717, 1.165) is 11.4 Å². The highest BCUT2D eigenvalue weighted by molar-refractivity contribution is 6.18. The van der Waals surface area contributed by atoms with Gasteiger partial charge in [-0.2, -0.15) is 0 Å². The summed E-state index contributed by atoms with van der Waals surface area (Å²) in [6.07, 6.45) is 0.343. The summed E-state index contributed by atoms with van der Waals surface area (Å²) in [6.45, 7) is 2.11. The van der Waals surface area contributed by atoms with Crippen molar-refractivity contribution in [1.29, 1.82) is 0 Å². The van der Waals surface area contributed by atoms with Crippen molar-refractivity contribution in [1.82, 2.24) is 9.80 Å². The zero-order valence-electron chi connectivity index (χ0n) is 14.6. The first-order chi connectivity index (χ1) is 12.7. The average Bonchev–Trinajstić information content (AvgIpc) is 2.70. The van der Waals surface area contributed by atoms with Crippen LogP contribution in [0.4, 0.5) is 16.2 Å². The maximum atomic E-state index is 13.2. The predicted molar refractivity (Wildman–Crippen MR) is 104 cm³/mol. The molecule has 1 heterocycles. The number of hydrogen-bond donors (Lipinski definition) is 0. The van der Waals surface area contributed by atoms with Gasteiger partial charge >= 0.3 is 6.03 Å². The van der Waals surface area contributed by atoms with Gasteiger partial charge in [-0.15, -0.1) is 11.6 Å². The van der Waals surface area contributed by atoms with Crippen LogP contribution < -0.4 is 4.90 Å². The number of carbonyl (C=O) groups excluding carboxylic acids is 2. The Kier molecular flexibility index (Phi) is 6.12. The Labute approximate surface area is 158 Å². The van der Waals surface area contributed by atoms with Gasteiger partial charge in [0.25, 0.3) is 0 Å². The molecule has 26 heavy (non-hydrogen) atoms. The quantitative estimate of drug-likeness (QED) is 0.769. The maximum Gasteiger partial charge on any atom is 0.329 e. The molecular formula is C20H22ClN3O2. The molecule has 1 aliphatic heterocycles. The normalized spacial score (nSPS) is 14.2. The summed E-state index contributed by atoms with van der Waals surface area (Å²) in [7, 11) is 0. The summed E-state index contributed by atoms with van der Waals surface area (Å²) in [4.78, 5) is 30.5. The second-order valence-corrected chi connectivity index (χ2v) is 6.47. The molecule has 2 aromatic rings. The SMILES string of the molecule is O=C(CCCl)N1CCN(C(=O)N(c2ccccc2)c2ccccc2)CC1. The molecule has 0 unspecified atom stereocenters. The number of rotatable bonds is 4. The number of amides is 3. The average molecular weight is 372 g/mol. The van der Waals surface area contributed by atoms with Crippen LogP contribution in [0.2, 0.25) is 0 Å². The number of para-hydroxylation sites is 2. The smallest absolute Gasteiger partial charge is 0.329 e. The molecule has 5 nitrogen and oxygen atoms in total. The van der Waals surface area contributed by atoms with E-state index in [1.165, 1.54) is 0 Å². The van der Waals surface area contributed by atoms with E-state index in [1.807, 2.05) is 60.7 Å².